The minimum absolute atomic E-state index is 0.122. The minimum atomic E-state index is 0.122. The average molecular weight is 309 g/mol. The number of aromatic nitrogens is 1. The Bertz CT molecular complexity index is 558. The first-order chi connectivity index (χ1) is 8.73. The lowest BCUT2D eigenvalue weighted by Crippen LogP contribution is -2.39. The van der Waals surface area contributed by atoms with Crippen molar-refractivity contribution in [2.24, 2.45) is 0 Å². The summed E-state index contributed by atoms with van der Waals surface area (Å²) in [6, 6.07) is 6.01. The highest BCUT2D eigenvalue weighted by Crippen LogP contribution is 2.37. The van der Waals surface area contributed by atoms with Gasteiger partial charge < -0.3 is 9.73 Å². The molecular formula is C14H17BrN2O. The molecular weight excluding hydrogens is 292 g/mol. The van der Waals surface area contributed by atoms with E-state index in [2.05, 4.69) is 28.2 Å². The van der Waals surface area contributed by atoms with E-state index in [9.17, 15) is 0 Å². The van der Waals surface area contributed by atoms with Crippen LogP contribution in [0.4, 0.5) is 0 Å². The van der Waals surface area contributed by atoms with E-state index in [1.165, 1.54) is 0 Å². The summed E-state index contributed by atoms with van der Waals surface area (Å²) in [6.45, 7) is 4.34. The smallest absolute Gasteiger partial charge is 0.201 e. The molecule has 4 heteroatoms. The molecule has 1 fully saturated rings. The molecule has 0 amide bonds. The van der Waals surface area contributed by atoms with Crippen LogP contribution in [0.3, 0.4) is 0 Å². The number of fused-ring (bicyclic) bond motifs is 1. The van der Waals surface area contributed by atoms with E-state index < -0.39 is 0 Å². The monoisotopic (exact) mass is 308 g/mol. The summed E-state index contributed by atoms with van der Waals surface area (Å²) in [5, 5.41) is 3.41. The first kappa shape index (κ1) is 12.2. The molecule has 1 aliphatic heterocycles. The molecule has 0 bridgehead atoms. The van der Waals surface area contributed by atoms with E-state index in [0.717, 1.165) is 53.8 Å². The fourth-order valence-corrected chi connectivity index (χ4v) is 3.10. The van der Waals surface area contributed by atoms with Crippen LogP contribution in [0, 0.1) is 0 Å². The molecule has 0 unspecified atom stereocenters. The second-order valence-electron chi connectivity index (χ2n) is 5.01. The van der Waals surface area contributed by atoms with Crippen molar-refractivity contribution in [3.63, 3.8) is 0 Å². The Morgan fingerprint density at radius 1 is 1.39 bits per heavy atom. The summed E-state index contributed by atoms with van der Waals surface area (Å²) in [4.78, 5) is 4.72. The predicted molar refractivity (Wildman–Crippen MR) is 75.8 cm³/mol. The number of piperidine rings is 1. The molecule has 0 radical (unpaired) electrons. The highest BCUT2D eigenvalue weighted by molar-refractivity contribution is 9.10. The summed E-state index contributed by atoms with van der Waals surface area (Å²) in [5.74, 6) is 0.916. The second-order valence-corrected chi connectivity index (χ2v) is 5.93. The second kappa shape index (κ2) is 4.67. The largest absolute Gasteiger partial charge is 0.440 e. The summed E-state index contributed by atoms with van der Waals surface area (Å²) in [5.41, 5.74) is 1.96. The number of rotatable bonds is 2. The lowest BCUT2D eigenvalue weighted by Gasteiger charge is -2.33. The van der Waals surface area contributed by atoms with E-state index in [1.54, 1.807) is 0 Å². The third kappa shape index (κ3) is 1.97. The van der Waals surface area contributed by atoms with E-state index in [4.69, 9.17) is 9.40 Å². The molecule has 0 saturated carbocycles. The Balaban J connectivity index is 2.06. The highest BCUT2D eigenvalue weighted by atomic mass is 79.9. The normalized spacial score (nSPS) is 19.2. The Labute approximate surface area is 115 Å². The van der Waals surface area contributed by atoms with Gasteiger partial charge >= 0.3 is 0 Å². The number of benzene rings is 1. The summed E-state index contributed by atoms with van der Waals surface area (Å²) in [6.07, 6.45) is 3.30. The van der Waals surface area contributed by atoms with Crippen LogP contribution in [-0.4, -0.2) is 18.1 Å². The van der Waals surface area contributed by atoms with Gasteiger partial charge in [0.15, 0.2) is 5.58 Å². The van der Waals surface area contributed by atoms with Crippen LogP contribution in [0.2, 0.25) is 0 Å². The molecule has 2 aromatic rings. The lowest BCUT2D eigenvalue weighted by molar-refractivity contribution is 0.243. The fraction of sp³-hybridized carbons (Fsp3) is 0.500. The molecule has 1 aromatic heterocycles. The van der Waals surface area contributed by atoms with Gasteiger partial charge in [-0.25, -0.2) is 4.98 Å². The van der Waals surface area contributed by atoms with Gasteiger partial charge in [-0.3, -0.25) is 0 Å². The van der Waals surface area contributed by atoms with Gasteiger partial charge in [-0.15, -0.1) is 0 Å². The van der Waals surface area contributed by atoms with Crippen molar-refractivity contribution in [1.82, 2.24) is 10.3 Å². The molecule has 0 atom stereocenters. The molecule has 0 spiro atoms. The van der Waals surface area contributed by atoms with Crippen molar-refractivity contribution in [2.75, 3.05) is 13.1 Å². The summed E-state index contributed by atoms with van der Waals surface area (Å²) in [7, 11) is 0. The van der Waals surface area contributed by atoms with Crippen LogP contribution in [-0.2, 0) is 5.41 Å². The van der Waals surface area contributed by atoms with Crippen molar-refractivity contribution < 1.29 is 4.42 Å². The van der Waals surface area contributed by atoms with Gasteiger partial charge in [0.2, 0.25) is 5.89 Å². The SMILES string of the molecule is CCC1(c2nc3cc(Br)ccc3o2)CCNCC1. The van der Waals surface area contributed by atoms with Crippen LogP contribution in [0.15, 0.2) is 27.1 Å². The zero-order valence-corrected chi connectivity index (χ0v) is 12.1. The van der Waals surface area contributed by atoms with Crippen LogP contribution in [0.25, 0.3) is 11.1 Å². The Morgan fingerprint density at radius 3 is 2.89 bits per heavy atom. The van der Waals surface area contributed by atoms with Crippen molar-refractivity contribution in [3.05, 3.63) is 28.6 Å². The Morgan fingerprint density at radius 2 is 2.17 bits per heavy atom. The third-order valence-corrected chi connectivity index (χ3v) is 4.53. The average Bonchev–Trinajstić information content (AvgIpc) is 2.83. The quantitative estimate of drug-likeness (QED) is 0.921. The number of nitrogens with zero attached hydrogens (tertiary/aromatic N) is 1. The zero-order valence-electron chi connectivity index (χ0n) is 10.5. The Kier molecular flexibility index (Phi) is 3.16. The molecule has 3 nitrogen and oxygen atoms in total. The molecule has 1 aromatic carbocycles. The van der Waals surface area contributed by atoms with Crippen LogP contribution < -0.4 is 5.32 Å². The van der Waals surface area contributed by atoms with Crippen molar-refractivity contribution >= 4 is 27.0 Å². The van der Waals surface area contributed by atoms with Crippen molar-refractivity contribution in [2.45, 2.75) is 31.6 Å². The molecule has 96 valence electrons. The van der Waals surface area contributed by atoms with Crippen molar-refractivity contribution in [3.8, 4) is 0 Å². The topological polar surface area (TPSA) is 38.1 Å². The standard InChI is InChI=1S/C14H17BrN2O/c1-2-14(5-7-16-8-6-14)13-17-11-9-10(15)3-4-12(11)18-13/h3-4,9,16H,2,5-8H2,1H3. The van der Waals surface area contributed by atoms with E-state index >= 15 is 0 Å². The van der Waals surface area contributed by atoms with E-state index in [1.807, 2.05) is 18.2 Å². The van der Waals surface area contributed by atoms with Crippen LogP contribution in [0.5, 0.6) is 0 Å². The predicted octanol–water partition coefficient (Wildman–Crippen LogP) is 3.62. The van der Waals surface area contributed by atoms with Crippen molar-refractivity contribution in [1.29, 1.82) is 0 Å². The Hall–Kier alpha value is -0.870. The van der Waals surface area contributed by atoms with Gasteiger partial charge in [0.1, 0.15) is 5.52 Å². The maximum Gasteiger partial charge on any atom is 0.201 e. The fourth-order valence-electron chi connectivity index (χ4n) is 2.75. The third-order valence-electron chi connectivity index (χ3n) is 4.04. The van der Waals surface area contributed by atoms with Gasteiger partial charge in [0.05, 0.1) is 0 Å². The molecule has 2 heterocycles. The highest BCUT2D eigenvalue weighted by Gasteiger charge is 2.36. The molecule has 3 rings (SSSR count). The molecule has 18 heavy (non-hydrogen) atoms. The molecule has 1 N–H and O–H groups in total. The number of nitrogens with one attached hydrogen (secondary N) is 1. The first-order valence-corrected chi connectivity index (χ1v) is 7.30. The minimum Gasteiger partial charge on any atom is -0.440 e. The maximum absolute atomic E-state index is 6.00. The van der Waals surface area contributed by atoms with Gasteiger partial charge in [0.25, 0.3) is 0 Å². The summed E-state index contributed by atoms with van der Waals surface area (Å²) < 4.78 is 7.04. The lowest BCUT2D eigenvalue weighted by atomic mass is 9.76. The maximum atomic E-state index is 6.00. The van der Waals surface area contributed by atoms with E-state index in [0.29, 0.717) is 0 Å². The van der Waals surface area contributed by atoms with Gasteiger partial charge in [-0.05, 0) is 50.6 Å². The van der Waals surface area contributed by atoms with Gasteiger partial charge in [-0.2, -0.15) is 0 Å². The van der Waals surface area contributed by atoms with Crippen LogP contribution in [0.1, 0.15) is 32.1 Å². The van der Waals surface area contributed by atoms with Crippen LogP contribution >= 0.6 is 15.9 Å². The first-order valence-electron chi connectivity index (χ1n) is 6.51. The van der Waals surface area contributed by atoms with Gasteiger partial charge in [0, 0.05) is 9.89 Å². The van der Waals surface area contributed by atoms with Gasteiger partial charge in [-0.1, -0.05) is 22.9 Å². The molecule has 1 aliphatic rings. The zero-order chi connectivity index (χ0) is 12.6. The number of halogens is 1. The molecule has 1 saturated heterocycles. The summed E-state index contributed by atoms with van der Waals surface area (Å²) >= 11 is 3.48. The number of hydrogen-bond donors (Lipinski definition) is 1. The van der Waals surface area contributed by atoms with E-state index in [-0.39, 0.29) is 5.41 Å². The number of hydrogen-bond acceptors (Lipinski definition) is 3. The number of oxazole rings is 1. The molecule has 0 aliphatic carbocycles.